The summed E-state index contributed by atoms with van der Waals surface area (Å²) in [6.45, 7) is 4.54. The molecule has 0 N–H and O–H groups in total. The second-order valence-corrected chi connectivity index (χ2v) is 12.1. The van der Waals surface area contributed by atoms with E-state index in [1.807, 2.05) is 14.2 Å². The Hall–Kier alpha value is 0.137. The van der Waals surface area contributed by atoms with Crippen molar-refractivity contribution >= 4 is 8.56 Å². The lowest BCUT2D eigenvalue weighted by atomic mass is 10.0. The Labute approximate surface area is 173 Å². The molecule has 0 bridgehead atoms. The Balaban J connectivity index is 3.35. The second-order valence-electron chi connectivity index (χ2n) is 8.48. The molecule has 0 aliphatic heterocycles. The molecule has 0 spiro atoms. The predicted octanol–water partition coefficient (Wildman–Crippen LogP) is 8.78. The van der Waals surface area contributed by atoms with Crippen molar-refractivity contribution in [2.75, 3.05) is 14.2 Å². The lowest BCUT2D eigenvalue weighted by Gasteiger charge is -2.27. The van der Waals surface area contributed by atoms with Gasteiger partial charge in [0.1, 0.15) is 0 Å². The van der Waals surface area contributed by atoms with Crippen LogP contribution in [0.15, 0.2) is 0 Å². The van der Waals surface area contributed by atoms with E-state index in [1.54, 1.807) is 0 Å². The van der Waals surface area contributed by atoms with E-state index >= 15 is 0 Å². The summed E-state index contributed by atoms with van der Waals surface area (Å²) in [5.74, 6) is 0. The molecule has 3 heteroatoms. The van der Waals surface area contributed by atoms with Crippen molar-refractivity contribution in [3.63, 3.8) is 0 Å². The Morgan fingerprint density at radius 3 is 1.04 bits per heavy atom. The van der Waals surface area contributed by atoms with Crippen molar-refractivity contribution in [3.05, 3.63) is 0 Å². The molecule has 0 unspecified atom stereocenters. The second kappa shape index (κ2) is 20.9. The van der Waals surface area contributed by atoms with Gasteiger partial charge < -0.3 is 8.85 Å². The van der Waals surface area contributed by atoms with E-state index in [9.17, 15) is 0 Å². The quantitative estimate of drug-likeness (QED) is 0.133. The van der Waals surface area contributed by atoms with E-state index in [0.717, 1.165) is 6.04 Å². The van der Waals surface area contributed by atoms with Crippen molar-refractivity contribution in [1.29, 1.82) is 0 Å². The summed E-state index contributed by atoms with van der Waals surface area (Å²) in [7, 11) is 1.85. The van der Waals surface area contributed by atoms with Gasteiger partial charge in [0.25, 0.3) is 0 Å². The van der Waals surface area contributed by atoms with Crippen LogP contribution in [0.1, 0.15) is 129 Å². The van der Waals surface area contributed by atoms with E-state index in [1.165, 1.54) is 122 Å². The molecular formula is C24H52O2Si. The maximum atomic E-state index is 5.83. The maximum absolute atomic E-state index is 5.83. The average Bonchev–Trinajstić information content (AvgIpc) is 2.70. The molecule has 0 fully saturated rings. The molecule has 0 atom stereocenters. The van der Waals surface area contributed by atoms with Gasteiger partial charge in [-0.3, -0.25) is 0 Å². The van der Waals surface area contributed by atoms with Crippen LogP contribution in [0.4, 0.5) is 0 Å². The molecule has 27 heavy (non-hydrogen) atoms. The van der Waals surface area contributed by atoms with E-state index in [-0.39, 0.29) is 0 Å². The maximum Gasteiger partial charge on any atom is 0.337 e. The largest absolute Gasteiger partial charge is 0.398 e. The summed E-state index contributed by atoms with van der Waals surface area (Å²) < 4.78 is 11.7. The first-order chi connectivity index (χ1) is 13.2. The van der Waals surface area contributed by atoms with Crippen LogP contribution in [0.2, 0.25) is 12.1 Å². The van der Waals surface area contributed by atoms with E-state index in [2.05, 4.69) is 13.8 Å². The molecule has 0 aliphatic rings. The first kappa shape index (κ1) is 27.1. The van der Waals surface area contributed by atoms with Crippen molar-refractivity contribution in [2.45, 2.75) is 142 Å². The number of hydrogen-bond donors (Lipinski definition) is 0. The van der Waals surface area contributed by atoms with E-state index < -0.39 is 8.56 Å². The molecule has 0 saturated carbocycles. The lowest BCUT2D eigenvalue weighted by molar-refractivity contribution is 0.238. The van der Waals surface area contributed by atoms with Crippen molar-refractivity contribution in [2.24, 2.45) is 0 Å². The van der Waals surface area contributed by atoms with Crippen LogP contribution in [-0.2, 0) is 8.85 Å². The van der Waals surface area contributed by atoms with Crippen molar-refractivity contribution in [1.82, 2.24) is 0 Å². The number of unbranched alkanes of at least 4 members (excludes halogenated alkanes) is 16. The minimum Gasteiger partial charge on any atom is -0.398 e. The van der Waals surface area contributed by atoms with Gasteiger partial charge in [-0.25, -0.2) is 0 Å². The minimum atomic E-state index is -1.87. The highest BCUT2D eigenvalue weighted by atomic mass is 28.4. The van der Waals surface area contributed by atoms with E-state index in [4.69, 9.17) is 8.85 Å². The highest BCUT2D eigenvalue weighted by Gasteiger charge is 2.33. The summed E-state index contributed by atoms with van der Waals surface area (Å²) in [5.41, 5.74) is 0. The van der Waals surface area contributed by atoms with Gasteiger partial charge in [0.15, 0.2) is 0 Å². The SMILES string of the molecule is CCCCCCCCCCCCCCCCCC[Si](CCCC)(OC)OC. The van der Waals surface area contributed by atoms with Gasteiger partial charge >= 0.3 is 8.56 Å². The number of hydrogen-bond acceptors (Lipinski definition) is 2. The predicted molar refractivity (Wildman–Crippen MR) is 124 cm³/mol. The van der Waals surface area contributed by atoms with E-state index in [0.29, 0.717) is 0 Å². The van der Waals surface area contributed by atoms with Crippen LogP contribution in [0, 0.1) is 0 Å². The summed E-state index contributed by atoms with van der Waals surface area (Å²) in [6.07, 6.45) is 25.3. The molecule has 0 amide bonds. The zero-order valence-electron chi connectivity index (χ0n) is 19.5. The zero-order chi connectivity index (χ0) is 20.1. The fourth-order valence-corrected chi connectivity index (χ4v) is 6.92. The van der Waals surface area contributed by atoms with Gasteiger partial charge in [-0.2, -0.15) is 0 Å². The Morgan fingerprint density at radius 1 is 0.407 bits per heavy atom. The fourth-order valence-electron chi connectivity index (χ4n) is 4.01. The minimum absolute atomic E-state index is 1.16. The molecule has 164 valence electrons. The van der Waals surface area contributed by atoms with Gasteiger partial charge in [0, 0.05) is 14.2 Å². The van der Waals surface area contributed by atoms with Gasteiger partial charge in [0.05, 0.1) is 0 Å². The standard InChI is InChI=1S/C24H52O2Si/c1-5-7-9-10-11-12-13-14-15-16-17-18-19-20-21-22-24-27(25-3,26-4)23-8-6-2/h5-24H2,1-4H3. The normalized spacial score (nSPS) is 12.0. The highest BCUT2D eigenvalue weighted by Crippen LogP contribution is 2.24. The molecule has 0 aromatic carbocycles. The molecule has 0 rings (SSSR count). The summed E-state index contributed by atoms with van der Waals surface area (Å²) in [4.78, 5) is 0. The van der Waals surface area contributed by atoms with Gasteiger partial charge in [0.2, 0.25) is 0 Å². The highest BCUT2D eigenvalue weighted by molar-refractivity contribution is 6.67. The molecule has 0 aliphatic carbocycles. The summed E-state index contributed by atoms with van der Waals surface area (Å²) in [6, 6.07) is 2.34. The third kappa shape index (κ3) is 16.8. The van der Waals surface area contributed by atoms with Crippen molar-refractivity contribution in [3.8, 4) is 0 Å². The first-order valence-corrected chi connectivity index (χ1v) is 14.6. The molecule has 0 aromatic heterocycles. The third-order valence-corrected chi connectivity index (χ3v) is 9.79. The molecular weight excluding hydrogens is 348 g/mol. The molecule has 2 nitrogen and oxygen atoms in total. The van der Waals surface area contributed by atoms with Crippen LogP contribution < -0.4 is 0 Å². The van der Waals surface area contributed by atoms with Crippen LogP contribution in [0.25, 0.3) is 0 Å². The molecule has 0 aromatic rings. The van der Waals surface area contributed by atoms with Gasteiger partial charge in [-0.15, -0.1) is 0 Å². The van der Waals surface area contributed by atoms with Crippen LogP contribution in [0.3, 0.4) is 0 Å². The van der Waals surface area contributed by atoms with Crippen LogP contribution in [0.5, 0.6) is 0 Å². The monoisotopic (exact) mass is 400 g/mol. The molecule has 0 saturated heterocycles. The van der Waals surface area contributed by atoms with Crippen LogP contribution in [-0.4, -0.2) is 22.8 Å². The summed E-state index contributed by atoms with van der Waals surface area (Å²) >= 11 is 0. The molecule has 0 radical (unpaired) electrons. The topological polar surface area (TPSA) is 18.5 Å². The average molecular weight is 401 g/mol. The Morgan fingerprint density at radius 2 is 0.704 bits per heavy atom. The third-order valence-electron chi connectivity index (χ3n) is 6.07. The van der Waals surface area contributed by atoms with Gasteiger partial charge in [-0.1, -0.05) is 129 Å². The van der Waals surface area contributed by atoms with Crippen LogP contribution >= 0.6 is 0 Å². The molecule has 0 heterocycles. The zero-order valence-corrected chi connectivity index (χ0v) is 20.5. The fraction of sp³-hybridized carbons (Fsp3) is 1.00. The smallest absolute Gasteiger partial charge is 0.337 e. The lowest BCUT2D eigenvalue weighted by Crippen LogP contribution is -2.39. The Kier molecular flexibility index (Phi) is 21.0. The van der Waals surface area contributed by atoms with Crippen molar-refractivity contribution < 1.29 is 8.85 Å². The first-order valence-electron chi connectivity index (χ1n) is 12.3. The summed E-state index contributed by atoms with van der Waals surface area (Å²) in [5, 5.41) is 0. The number of rotatable bonds is 22. The van der Waals surface area contributed by atoms with Gasteiger partial charge in [-0.05, 0) is 12.1 Å². The Bertz CT molecular complexity index is 280.